The molecule has 1 atom stereocenters. The molecule has 0 fully saturated rings. The van der Waals surface area contributed by atoms with E-state index in [2.05, 4.69) is 4.98 Å². The van der Waals surface area contributed by atoms with E-state index in [9.17, 15) is 5.21 Å². The van der Waals surface area contributed by atoms with Crippen LogP contribution in [0.25, 0.3) is 0 Å². The average molecular weight is 441 g/mol. The number of rotatable bonds is 8. The van der Waals surface area contributed by atoms with Crippen LogP contribution in [-0.2, 0) is 6.42 Å². The second kappa shape index (κ2) is 14.7. The highest BCUT2D eigenvalue weighted by Gasteiger charge is 2.18. The van der Waals surface area contributed by atoms with Crippen LogP contribution < -0.4 is 18.9 Å². The number of aromatic nitrogens is 2. The molecule has 0 saturated heterocycles. The fraction of sp³-hybridized carbons (Fsp3) is 0.385. The lowest BCUT2D eigenvalue weighted by Crippen LogP contribution is -2.24. The van der Waals surface area contributed by atoms with Crippen molar-refractivity contribution in [3.63, 3.8) is 0 Å². The number of benzene rings is 1. The maximum atomic E-state index is 11.4. The molecular weight excluding hydrogens is 404 g/mol. The molecule has 1 unspecified atom stereocenters. The molecule has 0 aliphatic heterocycles. The molecule has 32 heavy (non-hydrogen) atoms. The predicted octanol–water partition coefficient (Wildman–Crippen LogP) is 5.56. The van der Waals surface area contributed by atoms with E-state index in [4.69, 9.17) is 14.2 Å². The van der Waals surface area contributed by atoms with Gasteiger partial charge in [0.2, 0.25) is 5.88 Å². The topological polar surface area (TPSA) is 67.5 Å². The molecule has 0 aliphatic carbocycles. The first-order valence-electron chi connectivity index (χ1n) is 11.1. The third kappa shape index (κ3) is 7.45. The highest BCUT2D eigenvalue weighted by Crippen LogP contribution is 2.35. The maximum absolute atomic E-state index is 11.4. The van der Waals surface area contributed by atoms with E-state index in [0.717, 1.165) is 21.4 Å². The Labute approximate surface area is 192 Å². The minimum absolute atomic E-state index is 0.0329. The molecule has 0 amide bonds. The summed E-state index contributed by atoms with van der Waals surface area (Å²) in [4.78, 5) is 4.41. The van der Waals surface area contributed by atoms with Gasteiger partial charge in [0.15, 0.2) is 23.9 Å². The zero-order valence-corrected chi connectivity index (χ0v) is 20.3. The van der Waals surface area contributed by atoms with Crippen LogP contribution in [-0.4, -0.2) is 25.8 Å². The van der Waals surface area contributed by atoms with Gasteiger partial charge in [0.05, 0.1) is 20.8 Å². The minimum Gasteiger partial charge on any atom is -0.619 e. The van der Waals surface area contributed by atoms with E-state index in [-0.39, 0.29) is 5.92 Å². The first-order chi connectivity index (χ1) is 15.6. The molecule has 0 saturated carbocycles. The van der Waals surface area contributed by atoms with Crippen LogP contribution in [0.2, 0.25) is 0 Å². The van der Waals surface area contributed by atoms with Gasteiger partial charge in [-0.05, 0) is 42.2 Å². The van der Waals surface area contributed by atoms with Crippen molar-refractivity contribution in [1.29, 1.82) is 0 Å². The number of hydrogen-bond acceptors (Lipinski definition) is 5. The van der Waals surface area contributed by atoms with E-state index in [0.29, 0.717) is 30.4 Å². The molecule has 3 aromatic rings. The lowest BCUT2D eigenvalue weighted by atomic mass is 9.87. The summed E-state index contributed by atoms with van der Waals surface area (Å²) >= 11 is 0. The van der Waals surface area contributed by atoms with E-state index >= 15 is 0 Å². The Bertz CT molecular complexity index is 897. The smallest absolute Gasteiger partial charge is 0.213 e. The van der Waals surface area contributed by atoms with Gasteiger partial charge in [-0.3, -0.25) is 0 Å². The summed E-state index contributed by atoms with van der Waals surface area (Å²) in [5.41, 5.74) is 3.18. The maximum Gasteiger partial charge on any atom is 0.213 e. The Hall–Kier alpha value is -3.28. The molecular formula is C26H36N2O4. The first-order valence-corrected chi connectivity index (χ1v) is 11.1. The van der Waals surface area contributed by atoms with E-state index in [1.165, 1.54) is 12.4 Å². The molecule has 3 rings (SSSR count). The standard InChI is InChI=1S/C22H24N2O4.2C2H6/c1-4-28-22-8-6-18(15-23-22)19(13-16-9-11-24(25)12-10-16)17-5-7-20(26-2)21(14-17)27-3;2*1-2/h5-12,14-15,19H,4,13H2,1-3H3;2*1-2H3. The third-order valence-corrected chi connectivity index (χ3v) is 4.57. The zero-order chi connectivity index (χ0) is 23.9. The lowest BCUT2D eigenvalue weighted by molar-refractivity contribution is -0.605. The number of methoxy groups -OCH3 is 2. The summed E-state index contributed by atoms with van der Waals surface area (Å²) in [5.74, 6) is 1.99. The summed E-state index contributed by atoms with van der Waals surface area (Å²) in [6, 6.07) is 13.5. The largest absolute Gasteiger partial charge is 0.619 e. The molecule has 0 bridgehead atoms. The van der Waals surface area contributed by atoms with Crippen molar-refractivity contribution < 1.29 is 18.9 Å². The summed E-state index contributed by atoms with van der Waals surface area (Å²) in [5, 5.41) is 11.4. The van der Waals surface area contributed by atoms with Gasteiger partial charge in [-0.1, -0.05) is 39.8 Å². The fourth-order valence-corrected chi connectivity index (χ4v) is 3.14. The van der Waals surface area contributed by atoms with Gasteiger partial charge in [-0.2, -0.15) is 4.73 Å². The summed E-state index contributed by atoms with van der Waals surface area (Å²) in [6.45, 7) is 10.5. The molecule has 0 radical (unpaired) electrons. The Balaban J connectivity index is 0.00000121. The predicted molar refractivity (Wildman–Crippen MR) is 129 cm³/mol. The van der Waals surface area contributed by atoms with Gasteiger partial charge < -0.3 is 19.4 Å². The molecule has 1 aromatic carbocycles. The van der Waals surface area contributed by atoms with E-state index in [1.807, 2.05) is 83.3 Å². The fourth-order valence-electron chi connectivity index (χ4n) is 3.14. The van der Waals surface area contributed by atoms with Crippen molar-refractivity contribution in [3.05, 3.63) is 83.0 Å². The third-order valence-electron chi connectivity index (χ3n) is 4.57. The molecule has 0 aliphatic rings. The van der Waals surface area contributed by atoms with Crippen LogP contribution in [0.3, 0.4) is 0 Å². The Morgan fingerprint density at radius 3 is 2.03 bits per heavy atom. The number of pyridine rings is 2. The van der Waals surface area contributed by atoms with Crippen molar-refractivity contribution in [3.8, 4) is 17.4 Å². The van der Waals surface area contributed by atoms with Crippen LogP contribution in [0.1, 0.15) is 57.2 Å². The molecule has 0 spiro atoms. The van der Waals surface area contributed by atoms with Crippen LogP contribution in [0.15, 0.2) is 61.1 Å². The lowest BCUT2D eigenvalue weighted by Gasteiger charge is -2.20. The molecule has 6 heteroatoms. The van der Waals surface area contributed by atoms with E-state index in [1.54, 1.807) is 14.2 Å². The van der Waals surface area contributed by atoms with Crippen LogP contribution in [0.4, 0.5) is 0 Å². The average Bonchev–Trinajstić information content (AvgIpc) is 2.86. The van der Waals surface area contributed by atoms with Crippen LogP contribution in [0, 0.1) is 5.21 Å². The summed E-state index contributed by atoms with van der Waals surface area (Å²) in [6.07, 6.45) is 5.57. The van der Waals surface area contributed by atoms with Gasteiger partial charge in [-0.15, -0.1) is 0 Å². The Morgan fingerprint density at radius 2 is 1.50 bits per heavy atom. The minimum atomic E-state index is 0.0329. The highest BCUT2D eigenvalue weighted by molar-refractivity contribution is 5.46. The molecule has 6 nitrogen and oxygen atoms in total. The van der Waals surface area contributed by atoms with Crippen molar-refractivity contribution in [1.82, 2.24) is 4.98 Å². The quantitative estimate of drug-likeness (QED) is 0.339. The van der Waals surface area contributed by atoms with Gasteiger partial charge in [0, 0.05) is 30.3 Å². The van der Waals surface area contributed by atoms with Crippen molar-refractivity contribution >= 4 is 0 Å². The zero-order valence-electron chi connectivity index (χ0n) is 20.3. The Kier molecular flexibility index (Phi) is 12.3. The van der Waals surface area contributed by atoms with Crippen LogP contribution >= 0.6 is 0 Å². The van der Waals surface area contributed by atoms with Gasteiger partial charge >= 0.3 is 0 Å². The van der Waals surface area contributed by atoms with E-state index < -0.39 is 0 Å². The first kappa shape index (κ1) is 26.8. The number of hydrogen-bond donors (Lipinski definition) is 0. The number of nitrogens with zero attached hydrogens (tertiary/aromatic N) is 2. The molecule has 0 N–H and O–H groups in total. The highest BCUT2D eigenvalue weighted by atomic mass is 16.5. The monoisotopic (exact) mass is 440 g/mol. The van der Waals surface area contributed by atoms with Crippen molar-refractivity contribution in [2.45, 2.75) is 47.0 Å². The van der Waals surface area contributed by atoms with Gasteiger partial charge in [-0.25, -0.2) is 4.98 Å². The molecule has 2 heterocycles. The SMILES string of the molecule is CC.CC.CCOc1ccc(C(Cc2cc[n+]([O-])cc2)c2ccc(OC)c(OC)c2)cn1. The van der Waals surface area contributed by atoms with Crippen molar-refractivity contribution in [2.75, 3.05) is 20.8 Å². The van der Waals surface area contributed by atoms with Crippen LogP contribution in [0.5, 0.6) is 17.4 Å². The normalized spacial score (nSPS) is 10.6. The molecule has 174 valence electrons. The second-order valence-corrected chi connectivity index (χ2v) is 6.30. The summed E-state index contributed by atoms with van der Waals surface area (Å²) in [7, 11) is 3.24. The molecule has 2 aromatic heterocycles. The van der Waals surface area contributed by atoms with Gasteiger partial charge in [0.1, 0.15) is 0 Å². The summed E-state index contributed by atoms with van der Waals surface area (Å²) < 4.78 is 17.1. The second-order valence-electron chi connectivity index (χ2n) is 6.30. The van der Waals surface area contributed by atoms with Crippen molar-refractivity contribution in [2.24, 2.45) is 0 Å². The van der Waals surface area contributed by atoms with Gasteiger partial charge in [0.25, 0.3) is 0 Å². The Morgan fingerprint density at radius 1 is 0.875 bits per heavy atom. The number of ether oxygens (including phenoxy) is 3.